The highest BCUT2D eigenvalue weighted by atomic mass is 79.9. The molecule has 124 heavy (non-hydrogen) atoms. The number of nitrogens with zero attached hydrogens (tertiary/aromatic N) is 7. The summed E-state index contributed by atoms with van der Waals surface area (Å²) in [6.45, 7) is 18.3. The molecule has 640 valence electrons. The van der Waals surface area contributed by atoms with Gasteiger partial charge in [-0.05, 0) is 149 Å². The van der Waals surface area contributed by atoms with E-state index in [1.807, 2.05) is 12.1 Å². The van der Waals surface area contributed by atoms with Gasteiger partial charge in [0.05, 0.1) is 19.6 Å². The van der Waals surface area contributed by atoms with Gasteiger partial charge in [-0.15, -0.1) is 11.8 Å². The first-order valence-corrected chi connectivity index (χ1v) is 47.7. The fraction of sp³-hybridized carbons (Fsp3) is 0.281. The summed E-state index contributed by atoms with van der Waals surface area (Å²) < 4.78 is 50.3. The molecule has 9 aromatic rings. The Labute approximate surface area is 724 Å². The van der Waals surface area contributed by atoms with E-state index >= 15 is 0 Å². The van der Waals surface area contributed by atoms with Crippen molar-refractivity contribution in [2.45, 2.75) is 101 Å². The third-order valence-corrected chi connectivity index (χ3v) is 25.2. The number of phenolic OH excluding ortho intramolecular Hbond substituents is 1. The molecule has 8 N–H and O–H groups in total. The average Bonchev–Trinajstić information content (AvgIpc) is 1.59. The molecule has 12 amide bonds. The van der Waals surface area contributed by atoms with Crippen molar-refractivity contribution in [2.75, 3.05) is 59.5 Å². The Kier molecular flexibility index (Phi) is 28.1. The number of fused-ring (bicyclic) bond motifs is 3. The molecule has 3 fully saturated rings. The first-order chi connectivity index (χ1) is 59.1. The molecule has 6 aromatic carbocycles. The number of urea groups is 3. The number of hydrogen-bond acceptors (Lipinski definition) is 19. The molecule has 6 aliphatic rings. The van der Waals surface area contributed by atoms with Crippen molar-refractivity contribution in [2.24, 2.45) is 0 Å². The maximum absolute atomic E-state index is 14.4. The number of hydrogen-bond donors (Lipinski definition) is 8. The van der Waals surface area contributed by atoms with Gasteiger partial charge < -0.3 is 69.7 Å². The predicted octanol–water partition coefficient (Wildman–Crippen LogP) is 9.91. The highest BCUT2D eigenvalue weighted by Gasteiger charge is 2.57. The first-order valence-electron chi connectivity index (χ1n) is 39.5. The zero-order valence-corrected chi connectivity index (χ0v) is 72.7. The second-order valence-electron chi connectivity index (χ2n) is 32.2. The fourth-order valence-corrected chi connectivity index (χ4v) is 16.3. The van der Waals surface area contributed by atoms with Crippen molar-refractivity contribution in [1.29, 1.82) is 0 Å². The number of aromatic hydroxyl groups is 1. The van der Waals surface area contributed by atoms with E-state index in [9.17, 15) is 61.8 Å². The summed E-state index contributed by atoms with van der Waals surface area (Å²) in [7, 11) is -4.48. The lowest BCUT2D eigenvalue weighted by molar-refractivity contribution is -0.136. The number of phenols is 1. The van der Waals surface area contributed by atoms with Gasteiger partial charge in [-0.25, -0.2) is 34.2 Å². The summed E-state index contributed by atoms with van der Waals surface area (Å²) in [5.41, 5.74) is 2.26. The van der Waals surface area contributed by atoms with Gasteiger partial charge >= 0.3 is 25.2 Å². The lowest BCUT2D eigenvalue weighted by atomic mass is 9.81. The molecular weight excluding hydrogens is 1690 g/mol. The van der Waals surface area contributed by atoms with Gasteiger partial charge in [-0.2, -0.15) is 8.78 Å². The fourth-order valence-electron chi connectivity index (χ4n) is 14.5. The lowest BCUT2D eigenvalue weighted by Gasteiger charge is -2.32. The number of amides is 12. The van der Waals surface area contributed by atoms with Crippen LogP contribution < -0.4 is 41.8 Å². The van der Waals surface area contributed by atoms with Gasteiger partial charge in [-0.1, -0.05) is 152 Å². The van der Waals surface area contributed by atoms with E-state index in [1.165, 1.54) is 46.5 Å². The van der Waals surface area contributed by atoms with E-state index in [0.717, 1.165) is 43.1 Å². The van der Waals surface area contributed by atoms with Crippen molar-refractivity contribution in [3.05, 3.63) is 259 Å². The Bertz CT molecular complexity index is 5800. The normalized spacial score (nSPS) is 17.9. The molecule has 3 saturated heterocycles. The van der Waals surface area contributed by atoms with Crippen molar-refractivity contribution in [3.8, 4) is 63.2 Å². The van der Waals surface area contributed by atoms with Crippen LogP contribution in [0, 0.1) is 35.6 Å². The largest absolute Gasteiger partial charge is 0.508 e. The van der Waals surface area contributed by atoms with Gasteiger partial charge in [0.25, 0.3) is 41.0 Å². The van der Waals surface area contributed by atoms with Gasteiger partial charge in [0.2, 0.25) is 11.9 Å². The number of halogens is 3. The van der Waals surface area contributed by atoms with Crippen molar-refractivity contribution >= 4 is 98.2 Å². The van der Waals surface area contributed by atoms with Gasteiger partial charge in [-0.3, -0.25) is 38.9 Å². The smallest absolute Gasteiger partial charge is 0.493 e. The number of H-pyrrole nitrogens is 1. The van der Waals surface area contributed by atoms with E-state index in [2.05, 4.69) is 115 Å². The number of rotatable bonds is 26. The van der Waals surface area contributed by atoms with Crippen LogP contribution in [-0.2, 0) is 60.1 Å². The van der Waals surface area contributed by atoms with E-state index in [4.69, 9.17) is 29.0 Å². The van der Waals surface area contributed by atoms with Crippen LogP contribution in [0.15, 0.2) is 192 Å². The zero-order valence-electron chi connectivity index (χ0n) is 69.1. The van der Waals surface area contributed by atoms with Crippen LogP contribution in [0.25, 0.3) is 22.3 Å². The van der Waals surface area contributed by atoms with Gasteiger partial charge in [0.1, 0.15) is 43.9 Å². The topological polar surface area (TPSA) is 374 Å². The summed E-state index contributed by atoms with van der Waals surface area (Å²) >= 11 is 3.40. The number of imide groups is 3. The van der Waals surface area contributed by atoms with Crippen LogP contribution in [0.2, 0.25) is 51.4 Å². The van der Waals surface area contributed by atoms with Crippen LogP contribution in [0.5, 0.6) is 17.2 Å². The Hall–Kier alpha value is -13.0. The summed E-state index contributed by atoms with van der Waals surface area (Å²) in [5.74, 6) is 8.35. The molecule has 0 radical (unpaired) electrons. The Morgan fingerprint density at radius 3 is 1.36 bits per heavy atom. The third kappa shape index (κ3) is 20.5. The van der Waals surface area contributed by atoms with Crippen molar-refractivity contribution in [1.82, 2.24) is 60.7 Å². The maximum atomic E-state index is 14.4. The quantitative estimate of drug-likeness (QED) is 0.00821. The molecular formula is C89H90BBrF2N12O17Si2. The Morgan fingerprint density at radius 2 is 0.935 bits per heavy atom. The SMILES string of the molecule is CC#CCOc1ccc2c(c1)C(=O)N(C[C@@]1(c3ccc(-c4ccc[nH]c4=O)cc3)NC(=O)NC1=O)C2.CC#CCOc1ccc2c(c1)C(=O)N(C[C@@]1(c3ccc(-c4cccnc4F)cc3)NC(=O)N(COCC[Si](C)(C)C)C1=O)C2.C[Si](C)(C)CCOCN1C(=O)N[C@@](CN2Cc3ccc(O)cc3C2=O)(c2ccc(Br)cc2)C1=O.OB(O)c1cccnc1F. The predicted molar refractivity (Wildman–Crippen MR) is 464 cm³/mol. The summed E-state index contributed by atoms with van der Waals surface area (Å²) in [6.07, 6.45) is 4.16. The average molecular weight is 1780 g/mol. The van der Waals surface area contributed by atoms with Gasteiger partial charge in [0.15, 0.2) is 16.6 Å². The molecule has 0 spiro atoms. The van der Waals surface area contributed by atoms with Crippen molar-refractivity contribution in [3.63, 3.8) is 0 Å². The van der Waals surface area contributed by atoms with Crippen LogP contribution in [0.3, 0.4) is 0 Å². The number of benzene rings is 6. The van der Waals surface area contributed by atoms with Crippen molar-refractivity contribution < 1.29 is 86.0 Å². The van der Waals surface area contributed by atoms with Crippen LogP contribution in [0.1, 0.15) is 78.3 Å². The van der Waals surface area contributed by atoms with E-state index in [-0.39, 0.29) is 100 Å². The van der Waals surface area contributed by atoms with Crippen LogP contribution >= 0.6 is 15.9 Å². The molecule has 0 aliphatic carbocycles. The third-order valence-electron chi connectivity index (χ3n) is 21.2. The Balaban J connectivity index is 0.000000161. The molecule has 0 bridgehead atoms. The minimum absolute atomic E-state index is 0.00320. The number of ether oxygens (including phenoxy) is 4. The second kappa shape index (κ2) is 38.6. The Morgan fingerprint density at radius 1 is 0.508 bits per heavy atom. The number of carbonyl (C=O) groups excluding carboxylic acids is 9. The number of aromatic nitrogens is 3. The summed E-state index contributed by atoms with van der Waals surface area (Å²) in [5, 5.41) is 37.5. The summed E-state index contributed by atoms with van der Waals surface area (Å²) in [6, 6.07) is 45.1. The van der Waals surface area contributed by atoms with Gasteiger partial charge in [0, 0.05) is 105 Å². The monoisotopic (exact) mass is 1780 g/mol. The van der Waals surface area contributed by atoms with Crippen LogP contribution in [0.4, 0.5) is 23.2 Å². The molecule has 0 saturated carbocycles. The van der Waals surface area contributed by atoms with E-state index < -0.39 is 87.6 Å². The molecule has 15 rings (SSSR count). The first kappa shape index (κ1) is 90.2. The van der Waals surface area contributed by atoms with Crippen LogP contribution in [-0.4, -0.2) is 191 Å². The molecule has 29 nitrogen and oxygen atoms in total. The second-order valence-corrected chi connectivity index (χ2v) is 44.4. The number of carbonyl (C=O) groups is 9. The molecule has 35 heteroatoms. The highest BCUT2D eigenvalue weighted by molar-refractivity contribution is 9.10. The molecule has 6 aliphatic heterocycles. The number of nitrogens with one attached hydrogen (secondary N) is 5. The zero-order chi connectivity index (χ0) is 89.0. The summed E-state index contributed by atoms with van der Waals surface area (Å²) in [4.78, 5) is 148. The standard InChI is InChI=1S/C33H35FN4O5Si.C27H22N4O5.C24H28BrN3O5Si.C5H5BFNO2/c1-5-6-16-43-26-14-11-24-20-37(30(39)28(24)19-26)21-33(25-12-9-23(10-13-25)27-8-7-15-35-29(27)34)31(40)38(32(41)36-33)22-42-17-18-44(2,3)4;1-2-3-13-36-20-11-8-18-15-31(24(33)22(18)14-20)16-27(25(34)29-26(35)30-27)19-9-6-17(7-10-19)21-5-4-12-28-23(21)32;1-34(2,3)11-10-33-15-28-22(31)24(26-23(28)32,17-5-7-18(25)8-6-17)14-27-13-16-4-9-19(29)12-20(16)21(27)30;7-5-4(6(9)10)2-1-3-8-5/h7-15,19H,16-18,20-22H2,1-4H3,(H,36,41);4-12,14H,13,15-16H2,1H3,(H,28,32)(H2,29,30,34,35);4-9,12,29H,10-11,13-15H2,1-3H3,(H,26,32);1-3,9-10H/t33-;27-;24-;/m000./s1. The minimum Gasteiger partial charge on any atom is -0.508 e. The lowest BCUT2D eigenvalue weighted by Crippen LogP contribution is -2.53. The molecule has 9 heterocycles. The van der Waals surface area contributed by atoms with E-state index in [0.29, 0.717) is 80.3 Å². The highest BCUT2D eigenvalue weighted by Crippen LogP contribution is 2.40. The molecule has 0 unspecified atom stereocenters. The minimum atomic E-state index is -1.78. The van der Waals surface area contributed by atoms with E-state index in [1.54, 1.807) is 152 Å². The number of pyridine rings is 3. The number of aromatic amines is 1. The molecule has 3 aromatic heterocycles. The maximum Gasteiger partial charge on any atom is 0.493 e. The molecule has 3 atom stereocenters.